The number of sulfonamides is 1. The highest BCUT2D eigenvalue weighted by atomic mass is 35.5. The van der Waals surface area contributed by atoms with Crippen LogP contribution in [0.2, 0.25) is 5.02 Å². The van der Waals surface area contributed by atoms with Crippen LogP contribution in [0, 0.1) is 5.82 Å². The first-order valence-electron chi connectivity index (χ1n) is 7.29. The second-order valence-electron chi connectivity index (χ2n) is 5.42. The monoisotopic (exact) mass is 354 g/mol. The zero-order chi connectivity index (χ0) is 16.4. The van der Waals surface area contributed by atoms with E-state index in [0.717, 1.165) is 25.9 Å². The molecule has 0 unspecified atom stereocenters. The first-order chi connectivity index (χ1) is 11.0. The summed E-state index contributed by atoms with van der Waals surface area (Å²) in [6.45, 7) is 1.67. The quantitative estimate of drug-likeness (QED) is 0.906. The van der Waals surface area contributed by atoms with Crippen LogP contribution in [0.15, 0.2) is 47.4 Å². The van der Waals surface area contributed by atoms with Crippen molar-refractivity contribution in [3.05, 3.63) is 53.3 Å². The lowest BCUT2D eigenvalue weighted by atomic mass is 10.2. The summed E-state index contributed by atoms with van der Waals surface area (Å²) in [5, 5.41) is 0.451. The van der Waals surface area contributed by atoms with Crippen LogP contribution in [-0.4, -0.2) is 21.5 Å². The minimum absolute atomic E-state index is 0.0820. The Hall–Kier alpha value is -1.79. The summed E-state index contributed by atoms with van der Waals surface area (Å²) < 4.78 is 41.1. The molecule has 0 bridgehead atoms. The smallest absolute Gasteiger partial charge is 0.261 e. The summed E-state index contributed by atoms with van der Waals surface area (Å²) in [6, 6.07) is 10.0. The van der Waals surface area contributed by atoms with Gasteiger partial charge in [0, 0.05) is 24.2 Å². The van der Waals surface area contributed by atoms with E-state index in [9.17, 15) is 12.8 Å². The number of nitrogens with zero attached hydrogens (tertiary/aromatic N) is 1. The van der Waals surface area contributed by atoms with Gasteiger partial charge in [-0.15, -0.1) is 0 Å². The van der Waals surface area contributed by atoms with Gasteiger partial charge in [-0.25, -0.2) is 12.8 Å². The first kappa shape index (κ1) is 16.1. The molecule has 0 saturated carbocycles. The molecular weight excluding hydrogens is 339 g/mol. The number of hydrogen-bond acceptors (Lipinski definition) is 3. The molecule has 0 spiro atoms. The average molecular weight is 355 g/mol. The van der Waals surface area contributed by atoms with Gasteiger partial charge in [-0.3, -0.25) is 4.72 Å². The fourth-order valence-electron chi connectivity index (χ4n) is 2.64. The first-order valence-corrected chi connectivity index (χ1v) is 9.15. The van der Waals surface area contributed by atoms with Crippen molar-refractivity contribution in [2.45, 2.75) is 17.7 Å². The second kappa shape index (κ2) is 6.37. The Labute approximate surface area is 139 Å². The average Bonchev–Trinajstić information content (AvgIpc) is 3.01. The van der Waals surface area contributed by atoms with E-state index in [4.69, 9.17) is 11.6 Å². The fourth-order valence-corrected chi connectivity index (χ4v) is 3.83. The van der Waals surface area contributed by atoms with Crippen molar-refractivity contribution in [2.24, 2.45) is 0 Å². The SMILES string of the molecule is O=S(=O)(Nc1cc(F)ccc1N1CCCC1)c1ccc(Cl)cc1. The van der Waals surface area contributed by atoms with Gasteiger partial charge in [0.15, 0.2) is 0 Å². The minimum atomic E-state index is -3.80. The Morgan fingerprint density at radius 2 is 1.70 bits per heavy atom. The lowest BCUT2D eigenvalue weighted by Crippen LogP contribution is -2.21. The topological polar surface area (TPSA) is 49.4 Å². The standard InChI is InChI=1S/C16H16ClFN2O2S/c17-12-3-6-14(7-4-12)23(21,22)19-15-11-13(18)5-8-16(15)20-9-1-2-10-20/h3-8,11,19H,1-2,9-10H2. The Morgan fingerprint density at radius 3 is 2.35 bits per heavy atom. The molecule has 3 rings (SSSR count). The number of halogens is 2. The number of rotatable bonds is 4. The van der Waals surface area contributed by atoms with Crippen molar-refractivity contribution < 1.29 is 12.8 Å². The van der Waals surface area contributed by atoms with Gasteiger partial charge in [0.25, 0.3) is 10.0 Å². The molecule has 0 aromatic heterocycles. The van der Waals surface area contributed by atoms with Gasteiger partial charge in [0.2, 0.25) is 0 Å². The van der Waals surface area contributed by atoms with Crippen molar-refractivity contribution in [1.82, 2.24) is 0 Å². The van der Waals surface area contributed by atoms with Gasteiger partial charge < -0.3 is 4.90 Å². The summed E-state index contributed by atoms with van der Waals surface area (Å²) in [5.41, 5.74) is 0.947. The normalized spacial score (nSPS) is 15.0. The molecule has 2 aromatic carbocycles. The molecule has 4 nitrogen and oxygen atoms in total. The van der Waals surface area contributed by atoms with Crippen LogP contribution in [0.1, 0.15) is 12.8 Å². The maximum Gasteiger partial charge on any atom is 0.261 e. The lowest BCUT2D eigenvalue weighted by Gasteiger charge is -2.22. The maximum absolute atomic E-state index is 13.6. The van der Waals surface area contributed by atoms with Crippen LogP contribution in [0.4, 0.5) is 15.8 Å². The van der Waals surface area contributed by atoms with Gasteiger partial charge in [0.1, 0.15) is 5.82 Å². The number of benzene rings is 2. The van der Waals surface area contributed by atoms with E-state index in [1.807, 2.05) is 0 Å². The molecular formula is C16H16ClFN2O2S. The summed E-state index contributed by atoms with van der Waals surface area (Å²) in [6.07, 6.45) is 2.08. The molecule has 1 saturated heterocycles. The molecule has 0 aliphatic carbocycles. The van der Waals surface area contributed by atoms with E-state index >= 15 is 0 Å². The van der Waals surface area contributed by atoms with Gasteiger partial charge in [-0.05, 0) is 49.2 Å². The van der Waals surface area contributed by atoms with E-state index in [2.05, 4.69) is 9.62 Å². The van der Waals surface area contributed by atoms with Crippen LogP contribution in [0.25, 0.3) is 0 Å². The summed E-state index contributed by atoms with van der Waals surface area (Å²) in [4.78, 5) is 2.14. The van der Waals surface area contributed by atoms with Crippen molar-refractivity contribution in [3.63, 3.8) is 0 Å². The predicted molar refractivity (Wildman–Crippen MR) is 90.1 cm³/mol. The van der Waals surface area contributed by atoms with Crippen LogP contribution < -0.4 is 9.62 Å². The molecule has 1 aliphatic heterocycles. The zero-order valence-electron chi connectivity index (χ0n) is 12.3. The molecule has 0 radical (unpaired) electrons. The van der Waals surface area contributed by atoms with E-state index in [-0.39, 0.29) is 10.6 Å². The third-order valence-electron chi connectivity index (χ3n) is 3.77. The highest BCUT2D eigenvalue weighted by Gasteiger charge is 2.21. The van der Waals surface area contributed by atoms with Crippen molar-refractivity contribution in [2.75, 3.05) is 22.7 Å². The highest BCUT2D eigenvalue weighted by molar-refractivity contribution is 7.92. The maximum atomic E-state index is 13.6. The third kappa shape index (κ3) is 3.59. The highest BCUT2D eigenvalue weighted by Crippen LogP contribution is 2.31. The Morgan fingerprint density at radius 1 is 1.04 bits per heavy atom. The second-order valence-corrected chi connectivity index (χ2v) is 7.53. The summed E-state index contributed by atoms with van der Waals surface area (Å²) in [7, 11) is -3.80. The molecule has 1 fully saturated rings. The van der Waals surface area contributed by atoms with Gasteiger partial charge in [-0.2, -0.15) is 0 Å². The molecule has 7 heteroatoms. The van der Waals surface area contributed by atoms with Gasteiger partial charge in [0.05, 0.1) is 16.3 Å². The predicted octanol–water partition coefficient (Wildman–Crippen LogP) is 3.88. The van der Waals surface area contributed by atoms with Crippen molar-refractivity contribution >= 4 is 33.0 Å². The van der Waals surface area contributed by atoms with Crippen LogP contribution in [0.5, 0.6) is 0 Å². The zero-order valence-corrected chi connectivity index (χ0v) is 13.9. The van der Waals surface area contributed by atoms with E-state index in [0.29, 0.717) is 10.7 Å². The molecule has 23 heavy (non-hydrogen) atoms. The van der Waals surface area contributed by atoms with Gasteiger partial charge >= 0.3 is 0 Å². The fraction of sp³-hybridized carbons (Fsp3) is 0.250. The van der Waals surface area contributed by atoms with Crippen molar-refractivity contribution in [1.29, 1.82) is 0 Å². The molecule has 0 amide bonds. The third-order valence-corrected chi connectivity index (χ3v) is 5.41. The van der Waals surface area contributed by atoms with Crippen LogP contribution >= 0.6 is 11.6 Å². The minimum Gasteiger partial charge on any atom is -0.370 e. The number of nitrogens with one attached hydrogen (secondary N) is 1. The Bertz CT molecular complexity index is 803. The number of hydrogen-bond donors (Lipinski definition) is 1. The number of anilines is 2. The molecule has 0 atom stereocenters. The van der Waals surface area contributed by atoms with Crippen LogP contribution in [0.3, 0.4) is 0 Å². The largest absolute Gasteiger partial charge is 0.370 e. The molecule has 1 heterocycles. The lowest BCUT2D eigenvalue weighted by molar-refractivity contribution is 0.601. The van der Waals surface area contributed by atoms with Crippen molar-refractivity contribution in [3.8, 4) is 0 Å². The molecule has 1 aliphatic rings. The summed E-state index contributed by atoms with van der Waals surface area (Å²) >= 11 is 5.78. The van der Waals surface area contributed by atoms with Crippen LogP contribution in [-0.2, 0) is 10.0 Å². The molecule has 2 aromatic rings. The van der Waals surface area contributed by atoms with Gasteiger partial charge in [-0.1, -0.05) is 11.6 Å². The Balaban J connectivity index is 1.95. The molecule has 1 N–H and O–H groups in total. The van der Waals surface area contributed by atoms with E-state index in [1.165, 1.54) is 36.4 Å². The Kier molecular flexibility index (Phi) is 4.46. The summed E-state index contributed by atoms with van der Waals surface area (Å²) in [5.74, 6) is -0.484. The van der Waals surface area contributed by atoms with E-state index < -0.39 is 15.8 Å². The molecule has 122 valence electrons. The van der Waals surface area contributed by atoms with E-state index in [1.54, 1.807) is 6.07 Å².